The molecule has 0 spiro atoms. The number of benzene rings is 1. The predicted octanol–water partition coefficient (Wildman–Crippen LogP) is 2.88. The SMILES string of the molecule is CC1C(=O)NC2CCc3ccccc3C2C1(C)C. The van der Waals surface area contributed by atoms with Gasteiger partial charge in [-0.05, 0) is 29.4 Å². The van der Waals surface area contributed by atoms with Crippen LogP contribution in [0.4, 0.5) is 0 Å². The molecule has 1 aliphatic carbocycles. The van der Waals surface area contributed by atoms with Crippen LogP contribution in [0, 0.1) is 11.3 Å². The lowest BCUT2D eigenvalue weighted by Crippen LogP contribution is -2.57. The first kappa shape index (κ1) is 11.8. The number of carbonyl (C=O) groups is 1. The molecule has 1 aliphatic heterocycles. The minimum absolute atomic E-state index is 0.0313. The molecule has 2 heteroatoms. The van der Waals surface area contributed by atoms with Gasteiger partial charge in [-0.1, -0.05) is 45.0 Å². The van der Waals surface area contributed by atoms with Crippen LogP contribution >= 0.6 is 0 Å². The second-order valence-corrected chi connectivity index (χ2v) is 6.37. The fraction of sp³-hybridized carbons (Fsp3) is 0.562. The molecular formula is C16H21NO. The Morgan fingerprint density at radius 1 is 1.28 bits per heavy atom. The zero-order valence-electron chi connectivity index (χ0n) is 11.4. The number of amides is 1. The van der Waals surface area contributed by atoms with E-state index in [1.54, 1.807) is 0 Å². The van der Waals surface area contributed by atoms with E-state index in [4.69, 9.17) is 0 Å². The molecule has 3 atom stereocenters. The van der Waals surface area contributed by atoms with Crippen LogP contribution < -0.4 is 5.32 Å². The van der Waals surface area contributed by atoms with Crippen molar-refractivity contribution in [2.24, 2.45) is 11.3 Å². The molecule has 3 unspecified atom stereocenters. The number of nitrogens with one attached hydrogen (secondary N) is 1. The van der Waals surface area contributed by atoms with Gasteiger partial charge in [-0.25, -0.2) is 0 Å². The lowest BCUT2D eigenvalue weighted by atomic mass is 9.59. The maximum atomic E-state index is 12.1. The normalized spacial score (nSPS) is 33.3. The Balaban J connectivity index is 2.10. The minimum Gasteiger partial charge on any atom is -0.352 e. The first-order chi connectivity index (χ1) is 8.51. The fourth-order valence-electron chi connectivity index (χ4n) is 3.75. The molecule has 0 saturated carbocycles. The van der Waals surface area contributed by atoms with Gasteiger partial charge in [0.2, 0.25) is 5.91 Å². The lowest BCUT2D eigenvalue weighted by Gasteiger charge is -2.50. The summed E-state index contributed by atoms with van der Waals surface area (Å²) >= 11 is 0. The molecule has 96 valence electrons. The van der Waals surface area contributed by atoms with E-state index < -0.39 is 0 Å². The average Bonchev–Trinajstić information content (AvgIpc) is 2.35. The second kappa shape index (κ2) is 3.84. The van der Waals surface area contributed by atoms with Crippen molar-refractivity contribution in [3.63, 3.8) is 0 Å². The fourth-order valence-corrected chi connectivity index (χ4v) is 3.75. The number of rotatable bonds is 0. The highest BCUT2D eigenvalue weighted by molar-refractivity contribution is 5.81. The van der Waals surface area contributed by atoms with Gasteiger partial charge in [0.25, 0.3) is 0 Å². The van der Waals surface area contributed by atoms with Gasteiger partial charge < -0.3 is 5.32 Å². The highest BCUT2D eigenvalue weighted by Crippen LogP contribution is 2.50. The van der Waals surface area contributed by atoms with Crippen LogP contribution in [0.3, 0.4) is 0 Å². The third-order valence-electron chi connectivity index (χ3n) is 5.16. The molecule has 1 aromatic rings. The summed E-state index contributed by atoms with van der Waals surface area (Å²) in [7, 11) is 0. The van der Waals surface area contributed by atoms with Crippen molar-refractivity contribution in [2.75, 3.05) is 0 Å². The first-order valence-corrected chi connectivity index (χ1v) is 6.90. The second-order valence-electron chi connectivity index (χ2n) is 6.37. The Morgan fingerprint density at radius 2 is 2.00 bits per heavy atom. The third kappa shape index (κ3) is 1.51. The molecular weight excluding hydrogens is 222 g/mol. The summed E-state index contributed by atoms with van der Waals surface area (Å²) in [5, 5.41) is 3.23. The van der Waals surface area contributed by atoms with E-state index in [9.17, 15) is 4.79 Å². The van der Waals surface area contributed by atoms with Gasteiger partial charge in [0, 0.05) is 17.9 Å². The van der Waals surface area contributed by atoms with Crippen LogP contribution in [-0.4, -0.2) is 11.9 Å². The van der Waals surface area contributed by atoms with Crippen molar-refractivity contribution in [3.05, 3.63) is 35.4 Å². The summed E-state index contributed by atoms with van der Waals surface area (Å²) in [6, 6.07) is 9.05. The number of carbonyl (C=O) groups excluding carboxylic acids is 1. The summed E-state index contributed by atoms with van der Waals surface area (Å²) in [5.74, 6) is 0.751. The first-order valence-electron chi connectivity index (χ1n) is 6.90. The summed E-state index contributed by atoms with van der Waals surface area (Å²) in [5.41, 5.74) is 2.95. The molecule has 1 heterocycles. The van der Waals surface area contributed by atoms with E-state index in [-0.39, 0.29) is 17.2 Å². The van der Waals surface area contributed by atoms with Crippen molar-refractivity contribution in [3.8, 4) is 0 Å². The monoisotopic (exact) mass is 243 g/mol. The highest BCUT2D eigenvalue weighted by Gasteiger charge is 2.49. The highest BCUT2D eigenvalue weighted by atomic mass is 16.2. The van der Waals surface area contributed by atoms with Crippen molar-refractivity contribution < 1.29 is 4.79 Å². The van der Waals surface area contributed by atoms with E-state index in [2.05, 4.69) is 50.4 Å². The summed E-state index contributed by atoms with van der Waals surface area (Å²) in [4.78, 5) is 12.1. The van der Waals surface area contributed by atoms with Gasteiger partial charge >= 0.3 is 0 Å². The minimum atomic E-state index is 0.0313. The van der Waals surface area contributed by atoms with Crippen LogP contribution in [-0.2, 0) is 11.2 Å². The van der Waals surface area contributed by atoms with Gasteiger partial charge in [0.05, 0.1) is 0 Å². The van der Waals surface area contributed by atoms with Gasteiger partial charge in [-0.2, -0.15) is 0 Å². The van der Waals surface area contributed by atoms with Crippen LogP contribution in [0.15, 0.2) is 24.3 Å². The molecule has 1 N–H and O–H groups in total. The Morgan fingerprint density at radius 3 is 2.78 bits per heavy atom. The Hall–Kier alpha value is -1.31. The zero-order chi connectivity index (χ0) is 12.9. The summed E-state index contributed by atoms with van der Waals surface area (Å²) in [6.07, 6.45) is 2.16. The molecule has 2 nitrogen and oxygen atoms in total. The largest absolute Gasteiger partial charge is 0.352 e. The molecule has 1 fully saturated rings. The third-order valence-corrected chi connectivity index (χ3v) is 5.16. The molecule has 2 aliphatic rings. The van der Waals surface area contributed by atoms with E-state index in [1.807, 2.05) is 0 Å². The topological polar surface area (TPSA) is 29.1 Å². The van der Waals surface area contributed by atoms with Gasteiger partial charge in [-0.15, -0.1) is 0 Å². The van der Waals surface area contributed by atoms with E-state index in [0.717, 1.165) is 12.8 Å². The molecule has 1 saturated heterocycles. The average molecular weight is 243 g/mol. The molecule has 0 aromatic heterocycles. The van der Waals surface area contributed by atoms with Gasteiger partial charge in [-0.3, -0.25) is 4.79 Å². The number of hydrogen-bond donors (Lipinski definition) is 1. The number of piperidine rings is 1. The molecule has 3 rings (SSSR count). The van der Waals surface area contributed by atoms with E-state index in [1.165, 1.54) is 11.1 Å². The van der Waals surface area contributed by atoms with E-state index >= 15 is 0 Å². The van der Waals surface area contributed by atoms with Crippen molar-refractivity contribution >= 4 is 5.91 Å². The Labute approximate surface area is 109 Å². The maximum absolute atomic E-state index is 12.1. The molecule has 0 bridgehead atoms. The number of aryl methyl sites for hydroxylation is 1. The molecule has 18 heavy (non-hydrogen) atoms. The van der Waals surface area contributed by atoms with Gasteiger partial charge in [0.1, 0.15) is 0 Å². The summed E-state index contributed by atoms with van der Waals surface area (Å²) in [6.45, 7) is 6.55. The summed E-state index contributed by atoms with van der Waals surface area (Å²) < 4.78 is 0. The van der Waals surface area contributed by atoms with Crippen LogP contribution in [0.5, 0.6) is 0 Å². The lowest BCUT2D eigenvalue weighted by molar-refractivity contribution is -0.134. The Bertz CT molecular complexity index is 492. The van der Waals surface area contributed by atoms with Crippen LogP contribution in [0.2, 0.25) is 0 Å². The number of fused-ring (bicyclic) bond motifs is 3. The standard InChI is InChI=1S/C16H21NO/c1-10-15(18)17-13-9-8-11-6-4-5-7-12(11)14(13)16(10,2)3/h4-7,10,13-14H,8-9H2,1-3H3,(H,17,18). The van der Waals surface area contributed by atoms with Crippen molar-refractivity contribution in [2.45, 2.75) is 45.6 Å². The molecule has 1 aromatic carbocycles. The molecule has 1 amide bonds. The predicted molar refractivity (Wildman–Crippen MR) is 72.4 cm³/mol. The van der Waals surface area contributed by atoms with Gasteiger partial charge in [0.15, 0.2) is 0 Å². The van der Waals surface area contributed by atoms with Crippen molar-refractivity contribution in [1.82, 2.24) is 5.32 Å². The van der Waals surface area contributed by atoms with E-state index in [0.29, 0.717) is 12.0 Å². The van der Waals surface area contributed by atoms with Crippen LogP contribution in [0.25, 0.3) is 0 Å². The quantitative estimate of drug-likeness (QED) is 0.746. The smallest absolute Gasteiger partial charge is 0.223 e. The van der Waals surface area contributed by atoms with Crippen LogP contribution in [0.1, 0.15) is 44.2 Å². The Kier molecular flexibility index (Phi) is 2.51. The molecule has 0 radical (unpaired) electrons. The van der Waals surface area contributed by atoms with Crippen molar-refractivity contribution in [1.29, 1.82) is 0 Å². The maximum Gasteiger partial charge on any atom is 0.223 e. The number of hydrogen-bond acceptors (Lipinski definition) is 1. The zero-order valence-corrected chi connectivity index (χ0v) is 11.4.